The largest absolute Gasteiger partial charge is 0.493 e. The van der Waals surface area contributed by atoms with E-state index in [0.29, 0.717) is 28.5 Å². The molecular weight excluding hydrogens is 372 g/mol. The molecule has 0 aliphatic carbocycles. The van der Waals surface area contributed by atoms with Crippen molar-refractivity contribution in [3.8, 4) is 22.8 Å². The zero-order valence-electron chi connectivity index (χ0n) is 13.0. The van der Waals surface area contributed by atoms with E-state index in [1.807, 2.05) is 42.5 Å². The number of furan rings is 1. The molecule has 0 aliphatic rings. The summed E-state index contributed by atoms with van der Waals surface area (Å²) >= 11 is 3.59. The zero-order chi connectivity index (χ0) is 16.7. The molecule has 0 saturated carbocycles. The molecule has 2 aromatic carbocycles. The third-order valence-electron chi connectivity index (χ3n) is 3.79. The van der Waals surface area contributed by atoms with E-state index in [1.54, 1.807) is 14.2 Å². The summed E-state index contributed by atoms with van der Waals surface area (Å²) < 4.78 is 17.4. The van der Waals surface area contributed by atoms with Crippen LogP contribution >= 0.6 is 15.9 Å². The molecule has 0 fully saturated rings. The van der Waals surface area contributed by atoms with Gasteiger partial charge in [0, 0.05) is 5.56 Å². The Morgan fingerprint density at radius 1 is 0.917 bits per heavy atom. The molecule has 0 saturated heterocycles. The number of benzene rings is 2. The number of rotatable bonds is 3. The molecule has 5 nitrogen and oxygen atoms in total. The summed E-state index contributed by atoms with van der Waals surface area (Å²) in [5.74, 6) is 1.95. The van der Waals surface area contributed by atoms with Crippen molar-refractivity contribution >= 4 is 38.2 Å². The van der Waals surface area contributed by atoms with E-state index < -0.39 is 0 Å². The number of nitrogens with zero attached hydrogens (tertiary/aromatic N) is 2. The lowest BCUT2D eigenvalue weighted by molar-refractivity contribution is 0.355. The van der Waals surface area contributed by atoms with Gasteiger partial charge in [-0.25, -0.2) is 9.97 Å². The summed E-state index contributed by atoms with van der Waals surface area (Å²) in [6.07, 6.45) is 0. The minimum atomic E-state index is 0.491. The van der Waals surface area contributed by atoms with Crippen LogP contribution in [0.25, 0.3) is 33.6 Å². The lowest BCUT2D eigenvalue weighted by Crippen LogP contribution is -1.90. The first kappa shape index (κ1) is 15.0. The van der Waals surface area contributed by atoms with Crippen LogP contribution in [0, 0.1) is 0 Å². The van der Waals surface area contributed by atoms with Gasteiger partial charge >= 0.3 is 0 Å². The number of para-hydroxylation sites is 2. The number of ether oxygens (including phenoxy) is 2. The second kappa shape index (κ2) is 5.79. The first-order chi connectivity index (χ1) is 11.7. The number of halogens is 1. The quantitative estimate of drug-likeness (QED) is 0.506. The average molecular weight is 385 g/mol. The van der Waals surface area contributed by atoms with Gasteiger partial charge in [0.15, 0.2) is 17.3 Å². The van der Waals surface area contributed by atoms with Gasteiger partial charge in [0.05, 0.1) is 29.7 Å². The van der Waals surface area contributed by atoms with Crippen molar-refractivity contribution in [1.29, 1.82) is 0 Å². The third-order valence-corrected chi connectivity index (χ3v) is 4.53. The lowest BCUT2D eigenvalue weighted by Gasteiger charge is -2.08. The van der Waals surface area contributed by atoms with Gasteiger partial charge in [0.2, 0.25) is 5.71 Å². The van der Waals surface area contributed by atoms with E-state index in [1.165, 1.54) is 0 Å². The number of methoxy groups -OCH3 is 2. The highest BCUT2D eigenvalue weighted by Gasteiger charge is 2.18. The van der Waals surface area contributed by atoms with Crippen molar-refractivity contribution in [3.63, 3.8) is 0 Å². The van der Waals surface area contributed by atoms with Crippen LogP contribution in [-0.4, -0.2) is 24.2 Å². The molecule has 0 aliphatic heterocycles. The van der Waals surface area contributed by atoms with Gasteiger partial charge in [0.25, 0.3) is 0 Å². The summed E-state index contributed by atoms with van der Waals surface area (Å²) in [6.45, 7) is 0. The van der Waals surface area contributed by atoms with E-state index in [2.05, 4.69) is 25.9 Å². The summed E-state index contributed by atoms with van der Waals surface area (Å²) in [6, 6.07) is 13.3. The molecule has 0 atom stereocenters. The Balaban J connectivity index is 1.93. The maximum atomic E-state index is 5.95. The van der Waals surface area contributed by atoms with Crippen LogP contribution in [0.15, 0.2) is 51.4 Å². The maximum absolute atomic E-state index is 5.95. The predicted octanol–water partition coefficient (Wildman–Crippen LogP) is 4.82. The standard InChI is InChI=1S/C18H13BrN2O3/c1-22-13-8-7-10(9-14(13)23-2)17-15(19)16-18(24-17)21-12-6-4-3-5-11(12)20-16/h3-9H,1-2H3. The van der Waals surface area contributed by atoms with Gasteiger partial charge in [0.1, 0.15) is 5.52 Å². The minimum Gasteiger partial charge on any atom is -0.493 e. The SMILES string of the molecule is COc1ccc(-c2oc3nc4ccccc4nc3c2Br)cc1OC. The van der Waals surface area contributed by atoms with Crippen LogP contribution < -0.4 is 9.47 Å². The summed E-state index contributed by atoms with van der Waals surface area (Å²) in [4.78, 5) is 9.19. The molecule has 0 N–H and O–H groups in total. The number of hydrogen-bond donors (Lipinski definition) is 0. The van der Waals surface area contributed by atoms with Crippen LogP contribution in [0.5, 0.6) is 11.5 Å². The number of aromatic nitrogens is 2. The highest BCUT2D eigenvalue weighted by Crippen LogP contribution is 2.39. The molecule has 0 amide bonds. The fourth-order valence-electron chi connectivity index (χ4n) is 2.61. The van der Waals surface area contributed by atoms with Crippen LogP contribution in [-0.2, 0) is 0 Å². The molecule has 4 rings (SSSR count). The number of fused-ring (bicyclic) bond motifs is 2. The van der Waals surface area contributed by atoms with Gasteiger partial charge in [-0.1, -0.05) is 12.1 Å². The van der Waals surface area contributed by atoms with E-state index in [4.69, 9.17) is 13.9 Å². The topological polar surface area (TPSA) is 57.4 Å². The van der Waals surface area contributed by atoms with Crippen LogP contribution in [0.1, 0.15) is 0 Å². The van der Waals surface area contributed by atoms with Crippen molar-refractivity contribution in [2.45, 2.75) is 0 Å². The molecule has 2 heterocycles. The summed E-state index contributed by atoms with van der Waals surface area (Å²) in [7, 11) is 3.21. The summed E-state index contributed by atoms with van der Waals surface area (Å²) in [5.41, 5.74) is 3.66. The molecule has 4 aromatic rings. The smallest absolute Gasteiger partial charge is 0.247 e. The van der Waals surface area contributed by atoms with E-state index in [-0.39, 0.29) is 0 Å². The van der Waals surface area contributed by atoms with Gasteiger partial charge in [-0.05, 0) is 46.3 Å². The summed E-state index contributed by atoms with van der Waals surface area (Å²) in [5, 5.41) is 0. The van der Waals surface area contributed by atoms with Gasteiger partial charge < -0.3 is 13.9 Å². The van der Waals surface area contributed by atoms with Gasteiger partial charge in [-0.3, -0.25) is 0 Å². The highest BCUT2D eigenvalue weighted by molar-refractivity contribution is 9.10. The molecular formula is C18H13BrN2O3. The Morgan fingerprint density at radius 2 is 1.62 bits per heavy atom. The van der Waals surface area contributed by atoms with Crippen LogP contribution in [0.4, 0.5) is 0 Å². The van der Waals surface area contributed by atoms with E-state index in [0.717, 1.165) is 21.1 Å². The van der Waals surface area contributed by atoms with Crippen molar-refractivity contribution < 1.29 is 13.9 Å². The fourth-order valence-corrected chi connectivity index (χ4v) is 3.18. The van der Waals surface area contributed by atoms with Crippen molar-refractivity contribution in [2.75, 3.05) is 14.2 Å². The molecule has 120 valence electrons. The van der Waals surface area contributed by atoms with Crippen LogP contribution in [0.2, 0.25) is 0 Å². The molecule has 2 aromatic heterocycles. The van der Waals surface area contributed by atoms with E-state index in [9.17, 15) is 0 Å². The van der Waals surface area contributed by atoms with E-state index >= 15 is 0 Å². The molecule has 0 radical (unpaired) electrons. The normalized spacial score (nSPS) is 11.1. The monoisotopic (exact) mass is 384 g/mol. The first-order valence-electron chi connectivity index (χ1n) is 7.28. The fraction of sp³-hybridized carbons (Fsp3) is 0.111. The number of hydrogen-bond acceptors (Lipinski definition) is 5. The Morgan fingerprint density at radius 3 is 2.33 bits per heavy atom. The van der Waals surface area contributed by atoms with Crippen LogP contribution in [0.3, 0.4) is 0 Å². The maximum Gasteiger partial charge on any atom is 0.247 e. The molecule has 6 heteroatoms. The first-order valence-corrected chi connectivity index (χ1v) is 8.07. The van der Waals surface area contributed by atoms with Crippen molar-refractivity contribution in [1.82, 2.24) is 9.97 Å². The van der Waals surface area contributed by atoms with Crippen molar-refractivity contribution in [2.24, 2.45) is 0 Å². The van der Waals surface area contributed by atoms with Gasteiger partial charge in [-0.2, -0.15) is 0 Å². The lowest BCUT2D eigenvalue weighted by atomic mass is 10.1. The molecule has 24 heavy (non-hydrogen) atoms. The Labute approximate surface area is 146 Å². The Hall–Kier alpha value is -2.60. The third kappa shape index (κ3) is 2.30. The minimum absolute atomic E-state index is 0.491. The Bertz CT molecular complexity index is 1060. The molecule has 0 bridgehead atoms. The van der Waals surface area contributed by atoms with Gasteiger partial charge in [-0.15, -0.1) is 0 Å². The van der Waals surface area contributed by atoms with Crippen molar-refractivity contribution in [3.05, 3.63) is 46.9 Å². The average Bonchev–Trinajstić information content (AvgIpc) is 2.95. The predicted molar refractivity (Wildman–Crippen MR) is 95.6 cm³/mol. The molecule has 0 unspecified atom stereocenters. The second-order valence-corrected chi connectivity index (χ2v) is 5.97. The zero-order valence-corrected chi connectivity index (χ0v) is 14.6. The highest BCUT2D eigenvalue weighted by atomic mass is 79.9. The Kier molecular flexibility index (Phi) is 3.61. The molecule has 0 spiro atoms. The second-order valence-electron chi connectivity index (χ2n) is 5.18.